The number of carboxylic acids is 1. The number of carboxylic acid groups (broad SMARTS) is 1. The molecule has 3 aliphatic rings. The van der Waals surface area contributed by atoms with Gasteiger partial charge in [-0.15, -0.1) is 0 Å². The van der Waals surface area contributed by atoms with E-state index >= 15 is 0 Å². The molecule has 1 aliphatic heterocycles. The molecule has 1 heterocycles. The molecule has 2 fully saturated rings. The number of carbonyl (C=O) groups is 3. The van der Waals surface area contributed by atoms with Gasteiger partial charge in [0.05, 0.1) is 19.3 Å². The van der Waals surface area contributed by atoms with Crippen molar-refractivity contribution in [1.29, 1.82) is 0 Å². The first-order valence-corrected chi connectivity index (χ1v) is 12.1. The summed E-state index contributed by atoms with van der Waals surface area (Å²) in [6, 6.07) is 15.7. The minimum absolute atomic E-state index is 0.0713. The Morgan fingerprint density at radius 1 is 1.03 bits per heavy atom. The van der Waals surface area contributed by atoms with Gasteiger partial charge in [0, 0.05) is 13.0 Å². The van der Waals surface area contributed by atoms with E-state index in [1.165, 1.54) is 4.90 Å². The van der Waals surface area contributed by atoms with Gasteiger partial charge in [-0.05, 0) is 35.1 Å². The van der Waals surface area contributed by atoms with E-state index in [2.05, 4.69) is 29.6 Å². The number of benzene rings is 2. The maximum Gasteiger partial charge on any atom is 0.408 e. The van der Waals surface area contributed by atoms with Gasteiger partial charge < -0.3 is 24.8 Å². The van der Waals surface area contributed by atoms with Crippen LogP contribution in [0.4, 0.5) is 4.79 Å². The van der Waals surface area contributed by atoms with Gasteiger partial charge in [-0.25, -0.2) is 4.79 Å². The Labute approximate surface area is 204 Å². The molecule has 0 aromatic heterocycles. The van der Waals surface area contributed by atoms with Crippen LogP contribution in [0.2, 0.25) is 0 Å². The summed E-state index contributed by atoms with van der Waals surface area (Å²) in [7, 11) is 1.59. The van der Waals surface area contributed by atoms with Gasteiger partial charge in [0.25, 0.3) is 0 Å². The van der Waals surface area contributed by atoms with E-state index < -0.39 is 29.6 Å². The van der Waals surface area contributed by atoms with E-state index in [0.717, 1.165) is 35.1 Å². The summed E-state index contributed by atoms with van der Waals surface area (Å²) in [5.41, 5.74) is 3.44. The highest BCUT2D eigenvalue weighted by Gasteiger charge is 2.48. The average molecular weight is 479 g/mol. The predicted molar refractivity (Wildman–Crippen MR) is 128 cm³/mol. The molecule has 2 aliphatic carbocycles. The second-order valence-electron chi connectivity index (χ2n) is 9.71. The van der Waals surface area contributed by atoms with E-state index in [4.69, 9.17) is 9.47 Å². The Bertz CT molecular complexity index is 1100. The van der Waals surface area contributed by atoms with Crippen LogP contribution < -0.4 is 5.32 Å². The van der Waals surface area contributed by atoms with Gasteiger partial charge in [-0.3, -0.25) is 9.59 Å². The SMILES string of the molecule is CN(C(=O)C1(NC(=O)OCC2c3ccccc3-c3ccccc32)CCCC1)C1COCC1C(=O)O. The fraction of sp³-hybridized carbons (Fsp3) is 0.444. The van der Waals surface area contributed by atoms with Crippen LogP contribution in [0.25, 0.3) is 11.1 Å². The predicted octanol–water partition coefficient (Wildman–Crippen LogP) is 3.40. The molecule has 2 N–H and O–H groups in total. The van der Waals surface area contributed by atoms with Gasteiger partial charge in [0.2, 0.25) is 5.91 Å². The summed E-state index contributed by atoms with van der Waals surface area (Å²) >= 11 is 0. The van der Waals surface area contributed by atoms with Crippen molar-refractivity contribution in [1.82, 2.24) is 10.2 Å². The van der Waals surface area contributed by atoms with Crippen molar-refractivity contribution >= 4 is 18.0 Å². The molecule has 184 valence electrons. The number of rotatable bonds is 6. The number of amides is 2. The molecule has 0 radical (unpaired) electrons. The zero-order valence-electron chi connectivity index (χ0n) is 19.7. The van der Waals surface area contributed by atoms with Crippen LogP contribution in [0, 0.1) is 5.92 Å². The Morgan fingerprint density at radius 3 is 2.23 bits per heavy atom. The standard InChI is InChI=1S/C27H30N2O6/c1-29(23-16-34-14-22(23)24(30)31)25(32)27(12-6-7-13-27)28-26(33)35-15-21-19-10-4-2-8-17(19)18-9-3-5-11-20(18)21/h2-5,8-11,21-23H,6-7,12-16H2,1H3,(H,28,33)(H,30,31). The van der Waals surface area contributed by atoms with Crippen LogP contribution >= 0.6 is 0 Å². The van der Waals surface area contributed by atoms with Crippen molar-refractivity contribution in [3.05, 3.63) is 59.7 Å². The second kappa shape index (κ2) is 9.34. The number of hydrogen-bond donors (Lipinski definition) is 2. The lowest BCUT2D eigenvalue weighted by Crippen LogP contribution is -2.60. The van der Waals surface area contributed by atoms with Crippen molar-refractivity contribution in [3.8, 4) is 11.1 Å². The lowest BCUT2D eigenvalue weighted by atomic mass is 9.93. The smallest absolute Gasteiger partial charge is 0.408 e. The molecule has 0 bridgehead atoms. The highest BCUT2D eigenvalue weighted by atomic mass is 16.5. The van der Waals surface area contributed by atoms with Crippen LogP contribution in [-0.2, 0) is 19.1 Å². The van der Waals surface area contributed by atoms with Crippen molar-refractivity contribution in [2.45, 2.75) is 43.2 Å². The van der Waals surface area contributed by atoms with E-state index in [9.17, 15) is 19.5 Å². The first-order chi connectivity index (χ1) is 16.9. The molecular formula is C27H30N2O6. The topological polar surface area (TPSA) is 105 Å². The summed E-state index contributed by atoms with van der Waals surface area (Å²) < 4.78 is 11.0. The third-order valence-corrected chi connectivity index (χ3v) is 7.74. The third kappa shape index (κ3) is 4.16. The summed E-state index contributed by atoms with van der Waals surface area (Å²) in [5.74, 6) is -2.13. The number of alkyl carbamates (subject to hydrolysis) is 1. The Kier molecular flexibility index (Phi) is 6.23. The second-order valence-corrected chi connectivity index (χ2v) is 9.71. The van der Waals surface area contributed by atoms with Gasteiger partial charge >= 0.3 is 12.1 Å². The van der Waals surface area contributed by atoms with Gasteiger partial charge in [0.1, 0.15) is 18.1 Å². The summed E-state index contributed by atoms with van der Waals surface area (Å²) in [6.45, 7) is 0.405. The number of ether oxygens (including phenoxy) is 2. The monoisotopic (exact) mass is 478 g/mol. The summed E-state index contributed by atoms with van der Waals surface area (Å²) in [4.78, 5) is 39.6. The van der Waals surface area contributed by atoms with Gasteiger partial charge in [0.15, 0.2) is 0 Å². The van der Waals surface area contributed by atoms with Crippen molar-refractivity contribution in [2.75, 3.05) is 26.9 Å². The third-order valence-electron chi connectivity index (χ3n) is 7.74. The lowest BCUT2D eigenvalue weighted by Gasteiger charge is -2.36. The maximum absolute atomic E-state index is 13.6. The Hall–Kier alpha value is -3.39. The summed E-state index contributed by atoms with van der Waals surface area (Å²) in [6.07, 6.45) is 1.95. The fourth-order valence-electron chi connectivity index (χ4n) is 5.85. The number of aliphatic carboxylic acids is 1. The molecule has 5 rings (SSSR count). The normalized spacial score (nSPS) is 22.3. The molecule has 8 nitrogen and oxygen atoms in total. The molecule has 35 heavy (non-hydrogen) atoms. The highest BCUT2D eigenvalue weighted by Crippen LogP contribution is 2.44. The lowest BCUT2D eigenvalue weighted by molar-refractivity contribution is -0.146. The molecule has 0 spiro atoms. The largest absolute Gasteiger partial charge is 0.481 e. The van der Waals surface area contributed by atoms with Crippen LogP contribution in [0.5, 0.6) is 0 Å². The van der Waals surface area contributed by atoms with Gasteiger partial charge in [-0.1, -0.05) is 61.4 Å². The Morgan fingerprint density at radius 2 is 1.63 bits per heavy atom. The first-order valence-electron chi connectivity index (χ1n) is 12.1. The minimum Gasteiger partial charge on any atom is -0.481 e. The van der Waals surface area contributed by atoms with Gasteiger partial charge in [-0.2, -0.15) is 0 Å². The molecule has 2 unspecified atom stereocenters. The molecule has 2 atom stereocenters. The molecule has 2 aromatic carbocycles. The van der Waals surface area contributed by atoms with Crippen LogP contribution in [0.3, 0.4) is 0 Å². The molecule has 2 aromatic rings. The molecule has 1 saturated heterocycles. The number of carbonyl (C=O) groups excluding carboxylic acids is 2. The minimum atomic E-state index is -1.09. The Balaban J connectivity index is 1.29. The number of fused-ring (bicyclic) bond motifs is 3. The van der Waals surface area contributed by atoms with E-state index in [0.29, 0.717) is 12.8 Å². The van der Waals surface area contributed by atoms with Crippen LogP contribution in [-0.4, -0.2) is 66.4 Å². The highest BCUT2D eigenvalue weighted by molar-refractivity contribution is 5.91. The van der Waals surface area contributed by atoms with E-state index in [-0.39, 0.29) is 31.6 Å². The van der Waals surface area contributed by atoms with Crippen molar-refractivity contribution < 1.29 is 29.0 Å². The molecular weight excluding hydrogens is 448 g/mol. The molecule has 8 heteroatoms. The van der Waals surface area contributed by atoms with Crippen molar-refractivity contribution in [2.24, 2.45) is 5.92 Å². The van der Waals surface area contributed by atoms with E-state index in [1.807, 2.05) is 24.3 Å². The number of nitrogens with one attached hydrogen (secondary N) is 1. The molecule has 2 amide bonds. The number of hydrogen-bond acceptors (Lipinski definition) is 5. The maximum atomic E-state index is 13.6. The number of nitrogens with zero attached hydrogens (tertiary/aromatic N) is 1. The van der Waals surface area contributed by atoms with E-state index in [1.54, 1.807) is 7.05 Å². The van der Waals surface area contributed by atoms with Crippen LogP contribution in [0.15, 0.2) is 48.5 Å². The van der Waals surface area contributed by atoms with Crippen molar-refractivity contribution in [3.63, 3.8) is 0 Å². The average Bonchev–Trinajstić information content (AvgIpc) is 3.60. The number of likely N-dealkylation sites (N-methyl/N-ethyl adjacent to an activating group) is 1. The summed E-state index contributed by atoms with van der Waals surface area (Å²) in [5, 5.41) is 12.4. The quantitative estimate of drug-likeness (QED) is 0.659. The first kappa shape index (κ1) is 23.4. The zero-order valence-corrected chi connectivity index (χ0v) is 19.7. The zero-order chi connectivity index (χ0) is 24.6. The van der Waals surface area contributed by atoms with Crippen LogP contribution in [0.1, 0.15) is 42.7 Å². The molecule has 1 saturated carbocycles. The fourth-order valence-corrected chi connectivity index (χ4v) is 5.85.